The van der Waals surface area contributed by atoms with E-state index in [1.165, 1.54) is 19.2 Å². The van der Waals surface area contributed by atoms with E-state index in [0.29, 0.717) is 33.2 Å². The highest BCUT2D eigenvalue weighted by Gasteiger charge is 2.23. The summed E-state index contributed by atoms with van der Waals surface area (Å²) in [6.07, 6.45) is 0. The zero-order chi connectivity index (χ0) is 19.9. The molecule has 1 N–H and O–H groups in total. The van der Waals surface area contributed by atoms with Crippen LogP contribution in [0.2, 0.25) is 0 Å². The average Bonchev–Trinajstić information content (AvgIpc) is 3.04. The number of furan rings is 1. The molecule has 0 radical (unpaired) electrons. The number of fused-ring (bicyclic) bond motifs is 3. The molecule has 0 aliphatic rings. The molecule has 0 aliphatic heterocycles. The molecule has 0 amide bonds. The molecule has 0 atom stereocenters. The van der Waals surface area contributed by atoms with Crippen molar-refractivity contribution < 1.29 is 22.4 Å². The summed E-state index contributed by atoms with van der Waals surface area (Å²) in [5.41, 5.74) is 1.15. The van der Waals surface area contributed by atoms with Crippen molar-refractivity contribution in [1.82, 2.24) is 0 Å². The molecule has 1 heterocycles. The predicted octanol–water partition coefficient (Wildman–Crippen LogP) is 4.48. The van der Waals surface area contributed by atoms with Gasteiger partial charge >= 0.3 is 5.97 Å². The molecule has 4 aromatic rings. The van der Waals surface area contributed by atoms with Crippen LogP contribution in [0.5, 0.6) is 0 Å². The first-order valence-electron chi connectivity index (χ1n) is 8.53. The molecular formula is C21H17NO5S. The third-order valence-corrected chi connectivity index (χ3v) is 5.94. The van der Waals surface area contributed by atoms with Gasteiger partial charge in [-0.1, -0.05) is 42.5 Å². The van der Waals surface area contributed by atoms with Gasteiger partial charge in [0.15, 0.2) is 0 Å². The van der Waals surface area contributed by atoms with Crippen molar-refractivity contribution in [3.63, 3.8) is 0 Å². The van der Waals surface area contributed by atoms with Crippen LogP contribution in [0.15, 0.2) is 70.0 Å². The first-order chi connectivity index (χ1) is 13.4. The van der Waals surface area contributed by atoms with Crippen LogP contribution in [0.4, 0.5) is 5.69 Å². The van der Waals surface area contributed by atoms with Gasteiger partial charge < -0.3 is 9.15 Å². The lowest BCUT2D eigenvalue weighted by molar-refractivity contribution is 0.0600. The van der Waals surface area contributed by atoms with Gasteiger partial charge in [-0.05, 0) is 25.1 Å². The number of hydrogen-bond acceptors (Lipinski definition) is 5. The van der Waals surface area contributed by atoms with Crippen LogP contribution in [-0.2, 0) is 14.8 Å². The predicted molar refractivity (Wildman–Crippen MR) is 107 cm³/mol. The number of methoxy groups -OCH3 is 1. The minimum Gasteiger partial charge on any atom is -0.465 e. The van der Waals surface area contributed by atoms with E-state index in [1.807, 2.05) is 18.2 Å². The number of nitrogens with one attached hydrogen (secondary N) is 1. The quantitative estimate of drug-likeness (QED) is 0.515. The lowest BCUT2D eigenvalue weighted by Gasteiger charge is -2.12. The third kappa shape index (κ3) is 2.90. The van der Waals surface area contributed by atoms with Crippen LogP contribution in [0.1, 0.15) is 16.1 Å². The molecule has 4 rings (SSSR count). The summed E-state index contributed by atoms with van der Waals surface area (Å²) in [5, 5.41) is 1.86. The fourth-order valence-corrected chi connectivity index (χ4v) is 4.37. The van der Waals surface area contributed by atoms with E-state index >= 15 is 0 Å². The van der Waals surface area contributed by atoms with Gasteiger partial charge in [0.25, 0.3) is 10.0 Å². The van der Waals surface area contributed by atoms with Crippen LogP contribution < -0.4 is 4.72 Å². The van der Waals surface area contributed by atoms with Crippen LogP contribution in [0.25, 0.3) is 21.7 Å². The first kappa shape index (κ1) is 18.1. The van der Waals surface area contributed by atoms with E-state index in [2.05, 4.69) is 4.72 Å². The van der Waals surface area contributed by atoms with Gasteiger partial charge in [-0.25, -0.2) is 13.2 Å². The molecule has 0 saturated heterocycles. The minimum absolute atomic E-state index is 0.149. The zero-order valence-electron chi connectivity index (χ0n) is 15.2. The Morgan fingerprint density at radius 2 is 1.61 bits per heavy atom. The van der Waals surface area contributed by atoms with Crippen molar-refractivity contribution >= 4 is 43.4 Å². The molecular weight excluding hydrogens is 378 g/mol. The minimum atomic E-state index is -3.80. The number of carbonyl (C=O) groups is 1. The summed E-state index contributed by atoms with van der Waals surface area (Å²) in [4.78, 5) is 12.4. The smallest absolute Gasteiger partial charge is 0.342 e. The van der Waals surface area contributed by atoms with Gasteiger partial charge in [-0.2, -0.15) is 0 Å². The van der Waals surface area contributed by atoms with Crippen molar-refractivity contribution in [2.45, 2.75) is 11.8 Å². The topological polar surface area (TPSA) is 85.6 Å². The number of benzene rings is 3. The summed E-state index contributed by atoms with van der Waals surface area (Å²) >= 11 is 0. The lowest BCUT2D eigenvalue weighted by Crippen LogP contribution is -2.13. The first-order valence-corrected chi connectivity index (χ1v) is 10.0. The van der Waals surface area contributed by atoms with E-state index in [0.717, 1.165) is 0 Å². The van der Waals surface area contributed by atoms with Crippen molar-refractivity contribution in [3.05, 3.63) is 72.0 Å². The number of anilines is 1. The molecule has 3 aromatic carbocycles. The number of ether oxygens (including phenoxy) is 1. The van der Waals surface area contributed by atoms with Crippen molar-refractivity contribution in [2.24, 2.45) is 0 Å². The fourth-order valence-electron chi connectivity index (χ4n) is 3.28. The van der Waals surface area contributed by atoms with Crippen LogP contribution >= 0.6 is 0 Å². The van der Waals surface area contributed by atoms with Crippen molar-refractivity contribution in [2.75, 3.05) is 11.8 Å². The Labute approximate surface area is 161 Å². The number of aryl methyl sites for hydroxylation is 1. The Morgan fingerprint density at radius 3 is 2.29 bits per heavy atom. The Bertz CT molecular complexity index is 1310. The highest BCUT2D eigenvalue weighted by atomic mass is 32.2. The summed E-state index contributed by atoms with van der Waals surface area (Å²) in [6.45, 7) is 1.68. The number of carbonyl (C=O) groups excluding carboxylic acids is 1. The van der Waals surface area contributed by atoms with Gasteiger partial charge in [0, 0.05) is 16.2 Å². The normalized spacial score (nSPS) is 11.6. The second kappa shape index (κ2) is 6.69. The molecule has 7 heteroatoms. The number of sulfonamides is 1. The van der Waals surface area contributed by atoms with Gasteiger partial charge in [-0.15, -0.1) is 0 Å². The van der Waals surface area contributed by atoms with Crippen LogP contribution in [0.3, 0.4) is 0 Å². The van der Waals surface area contributed by atoms with Gasteiger partial charge in [0.05, 0.1) is 17.7 Å². The molecule has 0 unspecified atom stereocenters. The van der Waals surface area contributed by atoms with Crippen molar-refractivity contribution in [3.8, 4) is 0 Å². The number of esters is 1. The van der Waals surface area contributed by atoms with E-state index in [4.69, 9.17) is 9.15 Å². The molecule has 0 spiro atoms. The SMILES string of the molecule is COC(=O)c1c(C)oc2c1cc(NS(=O)(=O)c1ccccc1)c1ccccc12. The van der Waals surface area contributed by atoms with Gasteiger partial charge in [0.1, 0.15) is 16.9 Å². The van der Waals surface area contributed by atoms with E-state index < -0.39 is 16.0 Å². The lowest BCUT2D eigenvalue weighted by atomic mass is 10.0. The van der Waals surface area contributed by atoms with Crippen LogP contribution in [0, 0.1) is 6.92 Å². The molecule has 6 nitrogen and oxygen atoms in total. The standard InChI is InChI=1S/C21H17NO5S/c1-13-19(21(23)26-2)17-12-18(15-10-6-7-11-16(15)20(17)27-13)22-28(24,25)14-8-4-3-5-9-14/h3-12,22H,1-2H3. The molecule has 0 bridgehead atoms. The summed E-state index contributed by atoms with van der Waals surface area (Å²) in [7, 11) is -2.51. The van der Waals surface area contributed by atoms with Gasteiger partial charge in [0.2, 0.25) is 0 Å². The summed E-state index contributed by atoms with van der Waals surface area (Å²) in [6, 6.07) is 17.0. The van der Waals surface area contributed by atoms with Gasteiger partial charge in [-0.3, -0.25) is 4.72 Å². The average molecular weight is 395 g/mol. The summed E-state index contributed by atoms with van der Waals surface area (Å²) in [5.74, 6) is -0.126. The third-order valence-electron chi connectivity index (χ3n) is 4.56. The number of hydrogen-bond donors (Lipinski definition) is 1. The maximum atomic E-state index is 12.8. The Balaban J connectivity index is 1.98. The summed E-state index contributed by atoms with van der Waals surface area (Å²) < 4.78 is 39.0. The van der Waals surface area contributed by atoms with Crippen molar-refractivity contribution in [1.29, 1.82) is 0 Å². The van der Waals surface area contributed by atoms with Crippen LogP contribution in [-0.4, -0.2) is 21.5 Å². The van der Waals surface area contributed by atoms with E-state index in [-0.39, 0.29) is 10.5 Å². The fraction of sp³-hybridized carbons (Fsp3) is 0.0952. The molecule has 28 heavy (non-hydrogen) atoms. The second-order valence-corrected chi connectivity index (χ2v) is 7.97. The highest BCUT2D eigenvalue weighted by Crippen LogP contribution is 2.37. The van der Waals surface area contributed by atoms with E-state index in [1.54, 1.807) is 37.3 Å². The monoisotopic (exact) mass is 395 g/mol. The Morgan fingerprint density at radius 1 is 0.964 bits per heavy atom. The molecule has 0 saturated carbocycles. The largest absolute Gasteiger partial charge is 0.465 e. The number of rotatable bonds is 4. The molecule has 1 aromatic heterocycles. The zero-order valence-corrected chi connectivity index (χ0v) is 16.0. The second-order valence-electron chi connectivity index (χ2n) is 6.29. The Kier molecular flexibility index (Phi) is 4.31. The molecule has 0 aliphatic carbocycles. The maximum absolute atomic E-state index is 12.8. The maximum Gasteiger partial charge on any atom is 0.342 e. The Hall–Kier alpha value is -3.32. The molecule has 0 fully saturated rings. The molecule has 142 valence electrons. The highest BCUT2D eigenvalue weighted by molar-refractivity contribution is 7.92. The van der Waals surface area contributed by atoms with E-state index in [9.17, 15) is 13.2 Å².